The summed E-state index contributed by atoms with van der Waals surface area (Å²) in [5.41, 5.74) is 3.40. The van der Waals surface area contributed by atoms with Crippen molar-refractivity contribution in [3.05, 3.63) is 70.7 Å². The van der Waals surface area contributed by atoms with Crippen molar-refractivity contribution >= 4 is 39.3 Å². The van der Waals surface area contributed by atoms with Gasteiger partial charge in [-0.3, -0.25) is 14.4 Å². The Hall–Kier alpha value is -3.67. The van der Waals surface area contributed by atoms with Gasteiger partial charge in [0.15, 0.2) is 11.9 Å². The molecule has 0 radical (unpaired) electrons. The highest BCUT2D eigenvalue weighted by Crippen LogP contribution is 2.30. The van der Waals surface area contributed by atoms with E-state index in [4.69, 9.17) is 9.15 Å². The number of aryl methyl sites for hydroxylation is 1. The lowest BCUT2D eigenvalue weighted by atomic mass is 10.0. The Bertz CT molecular complexity index is 1340. The van der Waals surface area contributed by atoms with Crippen molar-refractivity contribution in [1.82, 2.24) is 4.98 Å². The van der Waals surface area contributed by atoms with Gasteiger partial charge in [-0.25, -0.2) is 0 Å². The summed E-state index contributed by atoms with van der Waals surface area (Å²) >= 11 is 0. The first-order valence-electron chi connectivity index (χ1n) is 10.1. The predicted molar refractivity (Wildman–Crippen MR) is 118 cm³/mol. The molecule has 6 nitrogen and oxygen atoms in total. The van der Waals surface area contributed by atoms with Crippen molar-refractivity contribution in [3.63, 3.8) is 0 Å². The molecule has 0 bridgehead atoms. The Morgan fingerprint density at radius 2 is 1.84 bits per heavy atom. The molecular weight excluding hydrogens is 394 g/mol. The zero-order valence-electron chi connectivity index (χ0n) is 17.9. The highest BCUT2D eigenvalue weighted by Gasteiger charge is 2.26. The highest BCUT2D eigenvalue weighted by atomic mass is 16.5. The molecule has 2 aromatic carbocycles. The number of ether oxygens (including phenoxy) is 1. The summed E-state index contributed by atoms with van der Waals surface area (Å²) in [6, 6.07) is 11.7. The number of aromatic amines is 1. The normalized spacial score (nSPS) is 12.3. The first kappa shape index (κ1) is 20.6. The largest absolute Gasteiger partial charge is 0.464 e. The van der Waals surface area contributed by atoms with Gasteiger partial charge in [0, 0.05) is 22.2 Å². The maximum atomic E-state index is 12.8. The van der Waals surface area contributed by atoms with Gasteiger partial charge in [-0.05, 0) is 50.1 Å². The lowest BCUT2D eigenvalue weighted by Gasteiger charge is -2.12. The highest BCUT2D eigenvalue weighted by molar-refractivity contribution is 6.08. The summed E-state index contributed by atoms with van der Waals surface area (Å²) in [7, 11) is 0. The number of aromatic nitrogens is 1. The number of nitrogens with one attached hydrogen (secondary N) is 1. The molecule has 0 fully saturated rings. The summed E-state index contributed by atoms with van der Waals surface area (Å²) in [5, 5.41) is 2.92. The summed E-state index contributed by atoms with van der Waals surface area (Å²) in [4.78, 5) is 40.2. The van der Waals surface area contributed by atoms with Crippen LogP contribution < -0.4 is 0 Å². The maximum absolute atomic E-state index is 12.8. The molecule has 0 spiro atoms. The van der Waals surface area contributed by atoms with Gasteiger partial charge in [0.25, 0.3) is 0 Å². The molecule has 0 saturated heterocycles. The Morgan fingerprint density at radius 1 is 1.10 bits per heavy atom. The van der Waals surface area contributed by atoms with E-state index in [1.165, 1.54) is 13.8 Å². The Morgan fingerprint density at radius 3 is 2.55 bits per heavy atom. The van der Waals surface area contributed by atoms with Crippen molar-refractivity contribution in [3.8, 4) is 0 Å². The topological polar surface area (TPSA) is 89.4 Å². The van der Waals surface area contributed by atoms with Crippen LogP contribution in [-0.2, 0) is 16.0 Å². The number of hydrogen-bond donors (Lipinski definition) is 1. The minimum atomic E-state index is -0.987. The van der Waals surface area contributed by atoms with Gasteiger partial charge in [-0.2, -0.15) is 0 Å². The summed E-state index contributed by atoms with van der Waals surface area (Å²) in [6.07, 6.45) is 0.557. The number of carbonyl (C=O) groups excluding carboxylic acids is 3. The third kappa shape index (κ3) is 3.65. The standard InChI is InChI=1S/C25H23NO5/c1-13-22(15(3)27)14(2)26-24(13)25(29)16(4)31-21(28)11-18-12-30-20-10-9-17-7-5-6-8-19(17)23(18)20/h5-10,12,16,26H,11H2,1-4H3/t16-/m1/s1. The third-order valence-corrected chi connectivity index (χ3v) is 5.59. The fourth-order valence-electron chi connectivity index (χ4n) is 4.18. The van der Waals surface area contributed by atoms with E-state index in [0.717, 1.165) is 16.2 Å². The molecule has 0 aliphatic carbocycles. The molecule has 0 aliphatic rings. The lowest BCUT2D eigenvalue weighted by molar-refractivity contribution is -0.145. The van der Waals surface area contributed by atoms with Gasteiger partial charge in [-0.1, -0.05) is 30.3 Å². The molecule has 0 aliphatic heterocycles. The number of H-pyrrole nitrogens is 1. The van der Waals surface area contributed by atoms with Crippen LogP contribution in [0.3, 0.4) is 0 Å². The van der Waals surface area contributed by atoms with Crippen LogP contribution in [0.2, 0.25) is 0 Å². The van der Waals surface area contributed by atoms with Crippen LogP contribution in [0.5, 0.6) is 0 Å². The van der Waals surface area contributed by atoms with E-state index in [-0.39, 0.29) is 18.0 Å². The third-order valence-electron chi connectivity index (χ3n) is 5.59. The number of esters is 1. The Kier molecular flexibility index (Phi) is 5.23. The van der Waals surface area contributed by atoms with Gasteiger partial charge >= 0.3 is 5.97 Å². The summed E-state index contributed by atoms with van der Waals surface area (Å²) in [6.45, 7) is 6.45. The SMILES string of the molecule is CC(=O)c1c(C)[nH]c(C(=O)[C@@H](C)OC(=O)Cc2coc3ccc4ccccc4c23)c1C. The zero-order chi connectivity index (χ0) is 22.3. The van der Waals surface area contributed by atoms with Gasteiger partial charge < -0.3 is 14.1 Å². The van der Waals surface area contributed by atoms with Gasteiger partial charge in [0.05, 0.1) is 18.4 Å². The van der Waals surface area contributed by atoms with Gasteiger partial charge in [0.1, 0.15) is 5.58 Å². The minimum absolute atomic E-state index is 0.0138. The number of fused-ring (bicyclic) bond motifs is 3. The van der Waals surface area contributed by atoms with E-state index in [0.29, 0.717) is 33.7 Å². The first-order chi connectivity index (χ1) is 14.8. The molecule has 0 saturated carbocycles. The smallest absolute Gasteiger partial charge is 0.311 e. The zero-order valence-corrected chi connectivity index (χ0v) is 17.9. The second-order valence-corrected chi connectivity index (χ2v) is 7.78. The molecule has 31 heavy (non-hydrogen) atoms. The van der Waals surface area contributed by atoms with E-state index in [1.54, 1.807) is 20.1 Å². The van der Waals surface area contributed by atoms with Crippen molar-refractivity contribution in [1.29, 1.82) is 0 Å². The molecule has 2 aromatic heterocycles. The van der Waals surface area contributed by atoms with Gasteiger partial charge in [-0.15, -0.1) is 0 Å². The second-order valence-electron chi connectivity index (χ2n) is 7.78. The molecule has 4 aromatic rings. The van der Waals surface area contributed by atoms with Crippen LogP contribution in [0.25, 0.3) is 21.7 Å². The number of benzene rings is 2. The van der Waals surface area contributed by atoms with Crippen molar-refractivity contribution in [2.45, 2.75) is 40.2 Å². The monoisotopic (exact) mass is 417 g/mol. The fraction of sp³-hybridized carbons (Fsp3) is 0.240. The number of hydrogen-bond acceptors (Lipinski definition) is 5. The average Bonchev–Trinajstić information content (AvgIpc) is 3.27. The van der Waals surface area contributed by atoms with Crippen LogP contribution in [-0.4, -0.2) is 28.6 Å². The minimum Gasteiger partial charge on any atom is -0.464 e. The summed E-state index contributed by atoms with van der Waals surface area (Å²) in [5.74, 6) is -1.01. The predicted octanol–water partition coefficient (Wildman–Crippen LogP) is 5.09. The van der Waals surface area contributed by atoms with Crippen LogP contribution in [0, 0.1) is 13.8 Å². The van der Waals surface area contributed by atoms with Crippen LogP contribution in [0.15, 0.2) is 47.1 Å². The van der Waals surface area contributed by atoms with Crippen LogP contribution in [0.1, 0.15) is 51.5 Å². The molecule has 2 heterocycles. The van der Waals surface area contributed by atoms with E-state index < -0.39 is 12.1 Å². The average molecular weight is 417 g/mol. The van der Waals surface area contributed by atoms with Gasteiger partial charge in [0.2, 0.25) is 5.78 Å². The molecule has 0 amide bonds. The maximum Gasteiger partial charge on any atom is 0.311 e. The van der Waals surface area contributed by atoms with E-state index in [9.17, 15) is 14.4 Å². The molecule has 158 valence electrons. The number of rotatable bonds is 6. The number of ketones is 2. The van der Waals surface area contributed by atoms with Crippen molar-refractivity contribution < 1.29 is 23.5 Å². The molecule has 4 rings (SSSR count). The molecular formula is C25H23NO5. The number of Topliss-reactive ketones (excluding diaryl/α,β-unsaturated/α-hetero) is 2. The molecule has 6 heteroatoms. The lowest BCUT2D eigenvalue weighted by Crippen LogP contribution is -2.26. The number of furan rings is 1. The number of carbonyl (C=O) groups is 3. The first-order valence-corrected chi connectivity index (χ1v) is 10.1. The van der Waals surface area contributed by atoms with E-state index in [2.05, 4.69) is 4.98 Å². The Labute approximate surface area is 179 Å². The second kappa shape index (κ2) is 7.87. The molecule has 1 atom stereocenters. The molecule has 1 N–H and O–H groups in total. The summed E-state index contributed by atoms with van der Waals surface area (Å²) < 4.78 is 11.1. The van der Waals surface area contributed by atoms with E-state index in [1.807, 2.05) is 36.4 Å². The van der Waals surface area contributed by atoms with Crippen molar-refractivity contribution in [2.75, 3.05) is 0 Å². The quantitative estimate of drug-likeness (QED) is 0.349. The Balaban J connectivity index is 1.54. The van der Waals surface area contributed by atoms with E-state index >= 15 is 0 Å². The van der Waals surface area contributed by atoms with Crippen LogP contribution in [0.4, 0.5) is 0 Å². The molecule has 0 unspecified atom stereocenters. The fourth-order valence-corrected chi connectivity index (χ4v) is 4.18. The van der Waals surface area contributed by atoms with Crippen molar-refractivity contribution in [2.24, 2.45) is 0 Å². The van der Waals surface area contributed by atoms with Crippen LogP contribution >= 0.6 is 0 Å².